The van der Waals surface area contributed by atoms with Gasteiger partial charge in [-0.25, -0.2) is 4.72 Å². The lowest BCUT2D eigenvalue weighted by molar-refractivity contribution is 0.578. The summed E-state index contributed by atoms with van der Waals surface area (Å²) in [7, 11) is -3.39. The summed E-state index contributed by atoms with van der Waals surface area (Å²) < 4.78 is 24.6. The van der Waals surface area contributed by atoms with Gasteiger partial charge in [0.15, 0.2) is 0 Å². The first-order valence-corrected chi connectivity index (χ1v) is 6.91. The van der Waals surface area contributed by atoms with Crippen LogP contribution < -0.4 is 4.72 Å². The fraction of sp³-hybridized carbons (Fsp3) is 0.727. The number of hydrogen-bond donors (Lipinski definition) is 1. The van der Waals surface area contributed by atoms with Crippen LogP contribution in [-0.4, -0.2) is 15.0 Å². The Morgan fingerprint density at radius 1 is 1.12 bits per heavy atom. The maximum Gasteiger partial charge on any atom is 0.280 e. The van der Waals surface area contributed by atoms with Gasteiger partial charge in [0.1, 0.15) is 0 Å². The van der Waals surface area contributed by atoms with Crippen molar-refractivity contribution in [2.45, 2.75) is 45.4 Å². The van der Waals surface area contributed by atoms with Crippen LogP contribution in [-0.2, 0) is 10.0 Å². The van der Waals surface area contributed by atoms with Crippen molar-refractivity contribution in [1.29, 1.82) is 5.26 Å². The van der Waals surface area contributed by atoms with Crippen LogP contribution in [0, 0.1) is 22.5 Å². The molecule has 0 aliphatic rings. The first kappa shape index (κ1) is 15.0. The molecule has 4 nitrogen and oxygen atoms in total. The average Bonchev–Trinajstić information content (AvgIpc) is 2.22. The van der Waals surface area contributed by atoms with E-state index >= 15 is 0 Å². The minimum Gasteiger partial charge on any atom is -0.205 e. The summed E-state index contributed by atoms with van der Waals surface area (Å²) in [4.78, 5) is 0. The summed E-state index contributed by atoms with van der Waals surface area (Å²) in [5, 5.41) is 10.4. The number of hydrogen-bond acceptors (Lipinski definition) is 3. The Bertz CT molecular complexity index is 371. The first-order chi connectivity index (χ1) is 7.62. The molecule has 0 aliphatic carbocycles. The van der Waals surface area contributed by atoms with E-state index in [4.69, 9.17) is 5.26 Å². The lowest BCUT2D eigenvalue weighted by atomic mass is 10.1. The zero-order valence-corrected chi connectivity index (χ0v) is 10.4. The van der Waals surface area contributed by atoms with Crippen molar-refractivity contribution in [1.82, 2.24) is 4.72 Å². The van der Waals surface area contributed by atoms with E-state index in [9.17, 15) is 8.42 Å². The highest BCUT2D eigenvalue weighted by atomic mass is 32.2. The maximum atomic E-state index is 11.1. The summed E-state index contributed by atoms with van der Waals surface area (Å²) in [6, 6.07) is 2.10. The van der Waals surface area contributed by atoms with E-state index in [-0.39, 0.29) is 0 Å². The van der Waals surface area contributed by atoms with Crippen LogP contribution in [0.15, 0.2) is 0 Å². The van der Waals surface area contributed by atoms with E-state index in [1.807, 2.05) is 0 Å². The fourth-order valence-electron chi connectivity index (χ4n) is 1.24. The van der Waals surface area contributed by atoms with Crippen molar-refractivity contribution in [3.05, 3.63) is 0 Å². The van der Waals surface area contributed by atoms with Gasteiger partial charge in [-0.3, -0.25) is 0 Å². The Morgan fingerprint density at radius 2 is 1.75 bits per heavy atom. The summed E-state index contributed by atoms with van der Waals surface area (Å²) in [6.45, 7) is 1.93. The van der Waals surface area contributed by atoms with Crippen molar-refractivity contribution in [2.75, 3.05) is 6.54 Å². The van der Waals surface area contributed by atoms with E-state index < -0.39 is 10.0 Å². The van der Waals surface area contributed by atoms with Gasteiger partial charge in [-0.05, 0) is 19.8 Å². The fourth-order valence-corrected chi connectivity index (χ4v) is 1.99. The molecule has 1 N–H and O–H groups in total. The molecule has 0 aromatic rings. The van der Waals surface area contributed by atoms with Crippen molar-refractivity contribution in [3.8, 4) is 17.2 Å². The summed E-state index contributed by atoms with van der Waals surface area (Å²) >= 11 is 0. The largest absolute Gasteiger partial charge is 0.280 e. The first-order valence-electron chi connectivity index (χ1n) is 5.42. The summed E-state index contributed by atoms with van der Waals surface area (Å²) in [6.07, 6.45) is 5.42. The molecule has 0 rings (SSSR count). The lowest BCUT2D eigenvalue weighted by Crippen LogP contribution is -2.22. The van der Waals surface area contributed by atoms with Gasteiger partial charge in [-0.15, -0.1) is 0 Å². The Labute approximate surface area is 98.1 Å². The Hall–Kier alpha value is -1.04. The maximum absolute atomic E-state index is 11.1. The van der Waals surface area contributed by atoms with E-state index in [0.717, 1.165) is 32.1 Å². The number of unbranched alkanes of at least 4 members (excludes halogenated alkanes) is 5. The SMILES string of the molecule is CC#CS(=O)(=O)NCCCCCCCC#N. The molecule has 0 atom stereocenters. The predicted molar refractivity (Wildman–Crippen MR) is 63.7 cm³/mol. The van der Waals surface area contributed by atoms with Crippen LogP contribution in [0.25, 0.3) is 0 Å². The molecule has 16 heavy (non-hydrogen) atoms. The van der Waals surface area contributed by atoms with Gasteiger partial charge >= 0.3 is 0 Å². The van der Waals surface area contributed by atoms with Crippen LogP contribution in [0.4, 0.5) is 0 Å². The molecule has 0 aromatic carbocycles. The van der Waals surface area contributed by atoms with Crippen molar-refractivity contribution < 1.29 is 8.42 Å². The number of rotatable bonds is 8. The molecule has 5 heteroatoms. The zero-order chi connectivity index (χ0) is 12.3. The van der Waals surface area contributed by atoms with Gasteiger partial charge in [-0.2, -0.15) is 13.7 Å². The van der Waals surface area contributed by atoms with Gasteiger partial charge < -0.3 is 0 Å². The molecule has 0 saturated carbocycles. The molecule has 90 valence electrons. The number of nitrogens with one attached hydrogen (secondary N) is 1. The van der Waals surface area contributed by atoms with Gasteiger partial charge in [0.25, 0.3) is 10.0 Å². The molecule has 0 radical (unpaired) electrons. The minimum absolute atomic E-state index is 0.440. The Morgan fingerprint density at radius 3 is 2.38 bits per heavy atom. The molecular weight excluding hydrogens is 224 g/mol. The monoisotopic (exact) mass is 242 g/mol. The Kier molecular flexibility index (Phi) is 8.61. The van der Waals surface area contributed by atoms with Crippen LogP contribution in [0.2, 0.25) is 0 Å². The molecule has 0 bridgehead atoms. The molecule has 0 saturated heterocycles. The van der Waals surface area contributed by atoms with E-state index in [1.54, 1.807) is 0 Å². The normalized spacial score (nSPS) is 10.2. The molecule has 0 aromatic heterocycles. The van der Waals surface area contributed by atoms with Crippen molar-refractivity contribution in [2.24, 2.45) is 0 Å². The smallest absolute Gasteiger partial charge is 0.205 e. The van der Waals surface area contributed by atoms with Crippen LogP contribution in [0.3, 0.4) is 0 Å². The number of nitrogens with zero attached hydrogens (tertiary/aromatic N) is 1. The highest BCUT2D eigenvalue weighted by Gasteiger charge is 2.02. The van der Waals surface area contributed by atoms with Gasteiger partial charge in [0.2, 0.25) is 0 Å². The summed E-state index contributed by atoms with van der Waals surface area (Å²) in [5.41, 5.74) is 0. The van der Waals surface area contributed by atoms with Crippen LogP contribution in [0.5, 0.6) is 0 Å². The minimum atomic E-state index is -3.39. The standard InChI is InChI=1S/C11H18N2O2S/c1-2-11-16(14,15)13-10-8-6-4-3-5-7-9-12/h13H,3-8,10H2,1H3. The second-order valence-electron chi connectivity index (χ2n) is 3.43. The lowest BCUT2D eigenvalue weighted by Gasteiger charge is -2.01. The van der Waals surface area contributed by atoms with E-state index in [2.05, 4.69) is 22.0 Å². The third-order valence-corrected chi connectivity index (χ3v) is 3.05. The highest BCUT2D eigenvalue weighted by molar-refractivity contribution is 7.94. The molecule has 0 spiro atoms. The van der Waals surface area contributed by atoms with Gasteiger partial charge in [0.05, 0.1) is 6.07 Å². The third kappa shape index (κ3) is 9.51. The second kappa shape index (κ2) is 9.21. The van der Waals surface area contributed by atoms with Crippen LogP contribution >= 0.6 is 0 Å². The quantitative estimate of drug-likeness (QED) is 0.520. The molecule has 0 amide bonds. The molecule has 0 fully saturated rings. The average molecular weight is 242 g/mol. The summed E-state index contributed by atoms with van der Waals surface area (Å²) in [5.74, 6) is 2.35. The van der Waals surface area contributed by atoms with Crippen molar-refractivity contribution >= 4 is 10.0 Å². The topological polar surface area (TPSA) is 70.0 Å². The number of nitriles is 1. The highest BCUT2D eigenvalue weighted by Crippen LogP contribution is 2.04. The van der Waals surface area contributed by atoms with E-state index in [1.165, 1.54) is 6.92 Å². The predicted octanol–water partition coefficient (Wildman–Crippen LogP) is 1.75. The van der Waals surface area contributed by atoms with Gasteiger partial charge in [0, 0.05) is 18.2 Å². The molecule has 0 aliphatic heterocycles. The third-order valence-electron chi connectivity index (χ3n) is 1.99. The molecule has 0 heterocycles. The van der Waals surface area contributed by atoms with Crippen molar-refractivity contribution in [3.63, 3.8) is 0 Å². The zero-order valence-electron chi connectivity index (χ0n) is 9.62. The Balaban J connectivity index is 3.40. The molecular formula is C11H18N2O2S. The van der Waals surface area contributed by atoms with Gasteiger partial charge in [-0.1, -0.05) is 25.2 Å². The molecule has 0 unspecified atom stereocenters. The van der Waals surface area contributed by atoms with Crippen LogP contribution in [0.1, 0.15) is 45.4 Å². The number of sulfonamides is 1. The second-order valence-corrected chi connectivity index (χ2v) is 4.93. The van der Waals surface area contributed by atoms with E-state index in [0.29, 0.717) is 13.0 Å².